The van der Waals surface area contributed by atoms with Crippen molar-refractivity contribution in [3.05, 3.63) is 59.7 Å². The number of aliphatic hydroxyl groups is 1. The van der Waals surface area contributed by atoms with Crippen LogP contribution >= 0.6 is 0 Å². The molecule has 160 valence electrons. The molecule has 1 aromatic carbocycles. The lowest BCUT2D eigenvalue weighted by Gasteiger charge is -2.16. The number of aromatic nitrogens is 2. The third kappa shape index (κ3) is 4.30. The predicted octanol–water partition coefficient (Wildman–Crippen LogP) is 3.45. The summed E-state index contributed by atoms with van der Waals surface area (Å²) in [4.78, 5) is 4.85. The lowest BCUT2D eigenvalue weighted by atomic mass is 10.0. The number of rotatable bonds is 6. The van der Waals surface area contributed by atoms with Crippen molar-refractivity contribution in [1.82, 2.24) is 9.55 Å². The van der Waals surface area contributed by atoms with Gasteiger partial charge in [-0.05, 0) is 56.7 Å². The van der Waals surface area contributed by atoms with E-state index in [0.717, 1.165) is 11.9 Å². The SMILES string of the molecule is Cc1c(-c2cccc(S(C)(=O)=O)c2)c2nc(C(C)(C)O)ccc2n1C/C(F)=C/CN. The monoisotopic (exact) mass is 431 g/mol. The molecule has 0 unspecified atom stereocenters. The summed E-state index contributed by atoms with van der Waals surface area (Å²) >= 11 is 0. The van der Waals surface area contributed by atoms with E-state index in [1.165, 1.54) is 12.1 Å². The van der Waals surface area contributed by atoms with Gasteiger partial charge in [0, 0.05) is 24.1 Å². The van der Waals surface area contributed by atoms with Gasteiger partial charge in [-0.3, -0.25) is 0 Å². The van der Waals surface area contributed by atoms with Crippen molar-refractivity contribution in [2.45, 2.75) is 37.8 Å². The third-order valence-electron chi connectivity index (χ3n) is 4.99. The van der Waals surface area contributed by atoms with Crippen molar-refractivity contribution in [3.8, 4) is 11.1 Å². The number of fused-ring (bicyclic) bond motifs is 1. The van der Waals surface area contributed by atoms with Gasteiger partial charge in [-0.2, -0.15) is 0 Å². The van der Waals surface area contributed by atoms with Crippen LogP contribution in [0.5, 0.6) is 0 Å². The van der Waals surface area contributed by atoms with Gasteiger partial charge in [0.2, 0.25) is 0 Å². The van der Waals surface area contributed by atoms with E-state index >= 15 is 0 Å². The van der Waals surface area contributed by atoms with Gasteiger partial charge >= 0.3 is 0 Å². The maximum atomic E-state index is 14.3. The normalized spacial score (nSPS) is 13.2. The number of hydrogen-bond donors (Lipinski definition) is 2. The van der Waals surface area contributed by atoms with Gasteiger partial charge < -0.3 is 15.4 Å². The molecule has 6 nitrogen and oxygen atoms in total. The van der Waals surface area contributed by atoms with E-state index in [-0.39, 0.29) is 23.8 Å². The topological polar surface area (TPSA) is 98.2 Å². The van der Waals surface area contributed by atoms with E-state index < -0.39 is 15.4 Å². The predicted molar refractivity (Wildman–Crippen MR) is 117 cm³/mol. The molecule has 0 amide bonds. The maximum absolute atomic E-state index is 14.3. The van der Waals surface area contributed by atoms with E-state index in [1.807, 2.05) is 6.92 Å². The minimum atomic E-state index is -3.40. The molecule has 3 aromatic rings. The number of hydrogen-bond acceptors (Lipinski definition) is 5. The molecule has 0 radical (unpaired) electrons. The van der Waals surface area contributed by atoms with Crippen LogP contribution in [0.2, 0.25) is 0 Å². The van der Waals surface area contributed by atoms with Gasteiger partial charge in [0.15, 0.2) is 9.84 Å². The Bertz CT molecular complexity index is 1240. The van der Waals surface area contributed by atoms with Crippen molar-refractivity contribution in [3.63, 3.8) is 0 Å². The lowest BCUT2D eigenvalue weighted by molar-refractivity contribution is 0.0742. The molecular weight excluding hydrogens is 405 g/mol. The van der Waals surface area contributed by atoms with Crippen molar-refractivity contribution in [1.29, 1.82) is 0 Å². The molecule has 0 saturated heterocycles. The Kier molecular flexibility index (Phi) is 5.86. The number of allylic oxidation sites excluding steroid dienone is 1. The summed E-state index contributed by atoms with van der Waals surface area (Å²) in [5, 5.41) is 10.4. The maximum Gasteiger partial charge on any atom is 0.175 e. The first-order chi connectivity index (χ1) is 13.9. The number of sulfone groups is 1. The highest BCUT2D eigenvalue weighted by atomic mass is 32.2. The molecule has 0 aliphatic rings. The number of nitrogens with zero attached hydrogens (tertiary/aromatic N) is 2. The standard InChI is InChI=1S/C22H26FN3O3S/c1-14-20(15-6-5-7-17(12-15)30(4,28)29)21-18(26(14)13-16(23)10-11-24)8-9-19(25-21)22(2,3)27/h5-10,12,27H,11,13,24H2,1-4H3/b16-10-. The Balaban J connectivity index is 2.34. The van der Waals surface area contributed by atoms with E-state index in [2.05, 4.69) is 4.98 Å². The summed E-state index contributed by atoms with van der Waals surface area (Å²) in [6.45, 7) is 5.18. The largest absolute Gasteiger partial charge is 0.384 e. The van der Waals surface area contributed by atoms with Crippen LogP contribution < -0.4 is 5.73 Å². The van der Waals surface area contributed by atoms with Crippen LogP contribution in [0.4, 0.5) is 4.39 Å². The van der Waals surface area contributed by atoms with Crippen LogP contribution in [0.3, 0.4) is 0 Å². The highest BCUT2D eigenvalue weighted by Gasteiger charge is 2.23. The van der Waals surface area contributed by atoms with Gasteiger partial charge in [0.1, 0.15) is 11.4 Å². The molecule has 2 heterocycles. The summed E-state index contributed by atoms with van der Waals surface area (Å²) in [6, 6.07) is 10.1. The van der Waals surface area contributed by atoms with Gasteiger partial charge in [0.05, 0.1) is 28.2 Å². The van der Waals surface area contributed by atoms with E-state index in [4.69, 9.17) is 5.73 Å². The first-order valence-electron chi connectivity index (χ1n) is 9.51. The molecule has 3 rings (SSSR count). The summed E-state index contributed by atoms with van der Waals surface area (Å²) in [6.07, 6.45) is 2.47. The van der Waals surface area contributed by atoms with Crippen molar-refractivity contribution < 1.29 is 17.9 Å². The number of benzene rings is 1. The zero-order valence-corrected chi connectivity index (χ0v) is 18.3. The van der Waals surface area contributed by atoms with Crippen molar-refractivity contribution in [2.75, 3.05) is 12.8 Å². The summed E-state index contributed by atoms with van der Waals surface area (Å²) < 4.78 is 40.2. The molecule has 0 aliphatic heterocycles. The Hall–Kier alpha value is -2.55. The first kappa shape index (κ1) is 22.1. The number of nitrogens with two attached hydrogens (primary N) is 1. The van der Waals surface area contributed by atoms with E-state index in [1.54, 1.807) is 48.7 Å². The van der Waals surface area contributed by atoms with Crippen molar-refractivity contribution in [2.24, 2.45) is 5.73 Å². The minimum absolute atomic E-state index is 0.0190. The summed E-state index contributed by atoms with van der Waals surface area (Å²) in [5.41, 5.74) is 8.06. The van der Waals surface area contributed by atoms with Gasteiger partial charge in [-0.25, -0.2) is 17.8 Å². The van der Waals surface area contributed by atoms with Crippen LogP contribution in [0.15, 0.2) is 53.2 Å². The average molecular weight is 432 g/mol. The second-order valence-corrected chi connectivity index (χ2v) is 9.87. The third-order valence-corrected chi connectivity index (χ3v) is 6.10. The van der Waals surface area contributed by atoms with Gasteiger partial charge in [-0.15, -0.1) is 0 Å². The molecule has 0 fully saturated rings. The second-order valence-electron chi connectivity index (χ2n) is 7.86. The molecule has 3 N–H and O–H groups in total. The van der Waals surface area contributed by atoms with Crippen LogP contribution in [-0.2, 0) is 22.0 Å². The number of pyridine rings is 1. The molecular formula is C22H26FN3O3S. The fourth-order valence-corrected chi connectivity index (χ4v) is 4.12. The molecule has 0 spiro atoms. The van der Waals surface area contributed by atoms with E-state index in [9.17, 15) is 17.9 Å². The fourth-order valence-electron chi connectivity index (χ4n) is 3.46. The smallest absolute Gasteiger partial charge is 0.175 e. The highest BCUT2D eigenvalue weighted by Crippen LogP contribution is 2.36. The minimum Gasteiger partial charge on any atom is -0.384 e. The molecule has 0 atom stereocenters. The average Bonchev–Trinajstić information content (AvgIpc) is 2.92. The van der Waals surface area contributed by atoms with Crippen LogP contribution in [-0.4, -0.2) is 35.9 Å². The zero-order chi connectivity index (χ0) is 22.3. The summed E-state index contributed by atoms with van der Waals surface area (Å²) in [7, 11) is -3.40. The molecule has 0 aliphatic carbocycles. The first-order valence-corrected chi connectivity index (χ1v) is 11.4. The zero-order valence-electron chi connectivity index (χ0n) is 17.5. The second kappa shape index (κ2) is 7.94. The lowest BCUT2D eigenvalue weighted by Crippen LogP contribution is -2.17. The van der Waals surface area contributed by atoms with Crippen LogP contribution in [0.1, 0.15) is 25.2 Å². The molecule has 0 saturated carbocycles. The fraction of sp³-hybridized carbons (Fsp3) is 0.318. The Labute approximate surface area is 175 Å². The number of halogens is 1. The van der Waals surface area contributed by atoms with Gasteiger partial charge in [0.25, 0.3) is 0 Å². The Morgan fingerprint density at radius 2 is 2.00 bits per heavy atom. The summed E-state index contributed by atoms with van der Waals surface area (Å²) in [5.74, 6) is -0.375. The quantitative estimate of drug-likeness (QED) is 0.623. The molecule has 0 bridgehead atoms. The van der Waals surface area contributed by atoms with Crippen LogP contribution in [0.25, 0.3) is 22.2 Å². The van der Waals surface area contributed by atoms with Gasteiger partial charge in [-0.1, -0.05) is 12.1 Å². The van der Waals surface area contributed by atoms with Crippen LogP contribution in [0, 0.1) is 6.92 Å². The molecule has 30 heavy (non-hydrogen) atoms. The molecule has 8 heteroatoms. The van der Waals surface area contributed by atoms with E-state index in [0.29, 0.717) is 27.9 Å². The molecule has 2 aromatic heterocycles. The Morgan fingerprint density at radius 3 is 2.60 bits per heavy atom. The Morgan fingerprint density at radius 1 is 1.30 bits per heavy atom. The van der Waals surface area contributed by atoms with Crippen molar-refractivity contribution >= 4 is 20.9 Å². The highest BCUT2D eigenvalue weighted by molar-refractivity contribution is 7.90.